The number of nitrogens with zero attached hydrogens (tertiary/aromatic N) is 6. The second kappa shape index (κ2) is 12.0. The molecule has 232 valence electrons. The molecule has 2 N–H and O–H groups in total. The van der Waals surface area contributed by atoms with Crippen LogP contribution in [0.4, 0.5) is 26.0 Å². The highest BCUT2D eigenvalue weighted by Gasteiger charge is 2.25. The molecule has 4 heterocycles. The minimum atomic E-state index is -4.28. The fraction of sp³-hybridized carbons (Fsp3) is 0.207. The Morgan fingerprint density at radius 3 is 2.60 bits per heavy atom. The zero-order chi connectivity index (χ0) is 31.9. The fourth-order valence-electron chi connectivity index (χ4n) is 4.82. The third kappa shape index (κ3) is 5.89. The molecular weight excluding hydrogens is 630 g/mol. The number of ether oxygens (including phenoxy) is 1. The van der Waals surface area contributed by atoms with E-state index in [-0.39, 0.29) is 38.4 Å². The van der Waals surface area contributed by atoms with E-state index in [4.69, 9.17) is 16.3 Å². The largest absolute Gasteiger partial charge is 0.378 e. The number of sulfonamides is 1. The molecule has 0 bridgehead atoms. The molecule has 1 aliphatic heterocycles. The minimum absolute atomic E-state index is 0.0558. The second-order valence-electron chi connectivity index (χ2n) is 10.1. The molecule has 1 amide bonds. The maximum atomic E-state index is 15.7. The SMILES string of the molecule is Cc1c(Cl)cccc1S(=O)(=O)Nc1ccc(F)c(Nc2ncnc3ccc(-n4nc(C(=O)N5CCOCC5)cc4C)nc23)c1F. The van der Waals surface area contributed by atoms with Gasteiger partial charge in [0.2, 0.25) is 0 Å². The van der Waals surface area contributed by atoms with Crippen LogP contribution >= 0.6 is 11.6 Å². The first-order chi connectivity index (χ1) is 21.5. The predicted octanol–water partition coefficient (Wildman–Crippen LogP) is 4.78. The van der Waals surface area contributed by atoms with Crippen LogP contribution in [0.1, 0.15) is 21.7 Å². The van der Waals surface area contributed by atoms with E-state index in [1.165, 1.54) is 36.1 Å². The number of pyridine rings is 1. The first kappa shape index (κ1) is 30.3. The Morgan fingerprint density at radius 2 is 1.82 bits per heavy atom. The quantitative estimate of drug-likeness (QED) is 0.253. The van der Waals surface area contributed by atoms with Crippen LogP contribution < -0.4 is 10.0 Å². The van der Waals surface area contributed by atoms with Crippen LogP contribution in [0.15, 0.2) is 59.8 Å². The smallest absolute Gasteiger partial charge is 0.274 e. The molecule has 16 heteroatoms. The van der Waals surface area contributed by atoms with Gasteiger partial charge in [0.05, 0.1) is 29.3 Å². The van der Waals surface area contributed by atoms with Crippen LogP contribution in [-0.2, 0) is 14.8 Å². The average Bonchev–Trinajstić information content (AvgIpc) is 3.43. The van der Waals surface area contributed by atoms with Gasteiger partial charge < -0.3 is 15.0 Å². The standard InChI is InChI=1S/C29H25ClF2N8O4S/c1-16-14-22(29(41)39-10-12-44-13-11-39)37-40(16)24-9-8-21-27(35-24)28(34-15-33-21)36-26-19(31)6-7-20(25(26)32)38-45(42,43)23-5-3-4-18(30)17(23)2/h3-9,14-15,38H,10-13H2,1-2H3,(H,33,34,36). The molecule has 2 aromatic carbocycles. The van der Waals surface area contributed by atoms with Crippen LogP contribution in [-0.4, -0.2) is 70.3 Å². The lowest BCUT2D eigenvalue weighted by atomic mass is 10.2. The lowest BCUT2D eigenvalue weighted by molar-refractivity contribution is 0.0298. The van der Waals surface area contributed by atoms with Gasteiger partial charge in [0.1, 0.15) is 23.3 Å². The van der Waals surface area contributed by atoms with Gasteiger partial charge in [0.25, 0.3) is 15.9 Å². The van der Waals surface area contributed by atoms with Crippen molar-refractivity contribution in [2.75, 3.05) is 36.3 Å². The minimum Gasteiger partial charge on any atom is -0.378 e. The highest BCUT2D eigenvalue weighted by atomic mass is 35.5. The van der Waals surface area contributed by atoms with E-state index in [0.717, 1.165) is 12.1 Å². The molecule has 0 spiro atoms. The number of halogens is 3. The van der Waals surface area contributed by atoms with Crippen molar-refractivity contribution in [1.82, 2.24) is 29.6 Å². The van der Waals surface area contributed by atoms with Gasteiger partial charge in [-0.1, -0.05) is 17.7 Å². The number of amides is 1. The number of carbonyl (C=O) groups is 1. The highest BCUT2D eigenvalue weighted by Crippen LogP contribution is 2.32. The number of hydrogen-bond acceptors (Lipinski definition) is 9. The predicted molar refractivity (Wildman–Crippen MR) is 163 cm³/mol. The van der Waals surface area contributed by atoms with Crippen LogP contribution in [0, 0.1) is 25.5 Å². The first-order valence-electron chi connectivity index (χ1n) is 13.6. The summed E-state index contributed by atoms with van der Waals surface area (Å²) in [4.78, 5) is 27.4. The summed E-state index contributed by atoms with van der Waals surface area (Å²) in [6, 6.07) is 11.1. The van der Waals surface area contributed by atoms with Gasteiger partial charge in [-0.05, 0) is 61.9 Å². The summed E-state index contributed by atoms with van der Waals surface area (Å²) >= 11 is 6.07. The molecule has 5 aromatic rings. The lowest BCUT2D eigenvalue weighted by Gasteiger charge is -2.25. The van der Waals surface area contributed by atoms with Crippen molar-refractivity contribution in [3.05, 3.63) is 88.5 Å². The van der Waals surface area contributed by atoms with Crippen LogP contribution in [0.25, 0.3) is 16.9 Å². The zero-order valence-corrected chi connectivity index (χ0v) is 25.5. The summed E-state index contributed by atoms with van der Waals surface area (Å²) in [6.45, 7) is 5.09. The summed E-state index contributed by atoms with van der Waals surface area (Å²) in [7, 11) is -4.28. The van der Waals surface area contributed by atoms with Crippen molar-refractivity contribution in [2.24, 2.45) is 0 Å². The van der Waals surface area contributed by atoms with E-state index in [1.807, 2.05) is 0 Å². The maximum Gasteiger partial charge on any atom is 0.274 e. The lowest BCUT2D eigenvalue weighted by Crippen LogP contribution is -2.40. The van der Waals surface area contributed by atoms with E-state index in [9.17, 15) is 17.6 Å². The van der Waals surface area contributed by atoms with Gasteiger partial charge in [-0.25, -0.2) is 36.8 Å². The molecular formula is C29H25ClF2N8O4S. The molecule has 0 saturated carbocycles. The number of benzene rings is 2. The Labute approximate surface area is 261 Å². The normalized spacial score (nSPS) is 13.7. The number of carbonyl (C=O) groups excluding carboxylic acids is 1. The number of fused-ring (bicyclic) bond motifs is 1. The summed E-state index contributed by atoms with van der Waals surface area (Å²) in [6.07, 6.45) is 1.19. The van der Waals surface area contributed by atoms with E-state index in [0.29, 0.717) is 43.3 Å². The summed E-state index contributed by atoms with van der Waals surface area (Å²) in [5, 5.41) is 7.28. The molecule has 1 aliphatic rings. The molecule has 1 saturated heterocycles. The third-order valence-electron chi connectivity index (χ3n) is 7.18. The van der Waals surface area contributed by atoms with Gasteiger partial charge in [-0.3, -0.25) is 9.52 Å². The van der Waals surface area contributed by atoms with E-state index in [1.54, 1.807) is 30.0 Å². The molecule has 0 aliphatic carbocycles. The van der Waals surface area contributed by atoms with Crippen LogP contribution in [0.5, 0.6) is 0 Å². The number of morpholine rings is 1. The third-order valence-corrected chi connectivity index (χ3v) is 9.09. The van der Waals surface area contributed by atoms with E-state index in [2.05, 4.69) is 30.1 Å². The van der Waals surface area contributed by atoms with Gasteiger partial charge in [0, 0.05) is 23.8 Å². The number of hydrogen-bond donors (Lipinski definition) is 2. The molecule has 0 radical (unpaired) electrons. The molecule has 0 unspecified atom stereocenters. The Balaban J connectivity index is 1.33. The van der Waals surface area contributed by atoms with Crippen molar-refractivity contribution >= 4 is 55.8 Å². The molecule has 6 rings (SSSR count). The summed E-state index contributed by atoms with van der Waals surface area (Å²) in [5.41, 5.74) is 0.443. The topological polar surface area (TPSA) is 144 Å². The van der Waals surface area contributed by atoms with Crippen molar-refractivity contribution in [3.63, 3.8) is 0 Å². The summed E-state index contributed by atoms with van der Waals surface area (Å²) in [5.74, 6) is -2.21. The summed E-state index contributed by atoms with van der Waals surface area (Å²) < 4.78 is 65.8. The Morgan fingerprint density at radius 1 is 1.04 bits per heavy atom. The molecule has 0 atom stereocenters. The number of rotatable bonds is 7. The molecule has 12 nitrogen and oxygen atoms in total. The van der Waals surface area contributed by atoms with Crippen molar-refractivity contribution in [2.45, 2.75) is 18.7 Å². The maximum absolute atomic E-state index is 15.7. The van der Waals surface area contributed by atoms with Gasteiger partial charge >= 0.3 is 0 Å². The molecule has 45 heavy (non-hydrogen) atoms. The van der Waals surface area contributed by atoms with Crippen LogP contribution in [0.2, 0.25) is 5.02 Å². The Hall–Kier alpha value is -4.73. The number of aromatic nitrogens is 5. The second-order valence-corrected chi connectivity index (χ2v) is 12.2. The number of anilines is 3. The molecule has 3 aromatic heterocycles. The number of nitrogens with one attached hydrogen (secondary N) is 2. The van der Waals surface area contributed by atoms with Crippen molar-refractivity contribution in [1.29, 1.82) is 0 Å². The Bertz CT molecular complexity index is 2070. The zero-order valence-electron chi connectivity index (χ0n) is 23.9. The first-order valence-corrected chi connectivity index (χ1v) is 15.5. The fourth-order valence-corrected chi connectivity index (χ4v) is 6.38. The van der Waals surface area contributed by atoms with Gasteiger partial charge in [0.15, 0.2) is 23.1 Å². The van der Waals surface area contributed by atoms with E-state index >= 15 is 4.39 Å². The molecule has 1 fully saturated rings. The van der Waals surface area contributed by atoms with Gasteiger partial charge in [-0.2, -0.15) is 5.10 Å². The van der Waals surface area contributed by atoms with Crippen molar-refractivity contribution < 1.29 is 26.7 Å². The van der Waals surface area contributed by atoms with E-state index < -0.39 is 33.0 Å². The van der Waals surface area contributed by atoms with Crippen LogP contribution in [0.3, 0.4) is 0 Å². The monoisotopic (exact) mass is 654 g/mol. The van der Waals surface area contributed by atoms with Gasteiger partial charge in [-0.15, -0.1) is 0 Å². The van der Waals surface area contributed by atoms with Crippen molar-refractivity contribution in [3.8, 4) is 5.82 Å². The number of aryl methyl sites for hydroxylation is 1. The average molecular weight is 655 g/mol. The highest BCUT2D eigenvalue weighted by molar-refractivity contribution is 7.92. The Kier molecular flexibility index (Phi) is 8.07.